The van der Waals surface area contributed by atoms with Crippen LogP contribution in [0.5, 0.6) is 0 Å². The number of likely N-dealkylation sites (N-methyl/N-ethyl adjacent to an activating group) is 1. The van der Waals surface area contributed by atoms with Crippen molar-refractivity contribution >= 4 is 29.4 Å². The number of hydrogen-bond donors (Lipinski definition) is 2. The van der Waals surface area contributed by atoms with Gasteiger partial charge < -0.3 is 15.5 Å². The summed E-state index contributed by atoms with van der Waals surface area (Å²) in [7, 11) is 1.63. The molecule has 3 rings (SSSR count). The summed E-state index contributed by atoms with van der Waals surface area (Å²) < 4.78 is 0. The number of anilines is 1. The maximum Gasteiger partial charge on any atom is 0.327 e. The van der Waals surface area contributed by atoms with Crippen LogP contribution in [0.3, 0.4) is 0 Å². The van der Waals surface area contributed by atoms with Gasteiger partial charge in [-0.25, -0.2) is 4.79 Å². The van der Waals surface area contributed by atoms with E-state index in [0.717, 1.165) is 35.3 Å². The number of urea groups is 1. The predicted molar refractivity (Wildman–Crippen MR) is 108 cm³/mol. The van der Waals surface area contributed by atoms with Crippen molar-refractivity contribution in [2.45, 2.75) is 51.5 Å². The van der Waals surface area contributed by atoms with Gasteiger partial charge in [-0.05, 0) is 43.9 Å². The average molecular weight is 400 g/mol. The van der Waals surface area contributed by atoms with Gasteiger partial charge >= 0.3 is 6.03 Å². The summed E-state index contributed by atoms with van der Waals surface area (Å²) in [5.41, 5.74) is 1.89. The van der Waals surface area contributed by atoms with E-state index >= 15 is 0 Å². The summed E-state index contributed by atoms with van der Waals surface area (Å²) in [4.78, 5) is 52.4. The normalized spacial score (nSPS) is 18.3. The second-order valence-electron chi connectivity index (χ2n) is 7.90. The lowest BCUT2D eigenvalue weighted by molar-refractivity contribution is -0.137. The van der Waals surface area contributed by atoms with Crippen LogP contribution in [0.15, 0.2) is 18.2 Å². The predicted octanol–water partition coefficient (Wildman–Crippen LogP) is 1.96. The molecule has 156 valence electrons. The Kier molecular flexibility index (Phi) is 5.91. The zero-order chi connectivity index (χ0) is 21.2. The first kappa shape index (κ1) is 20.8. The number of imide groups is 1. The van der Waals surface area contributed by atoms with Gasteiger partial charge in [-0.2, -0.15) is 0 Å². The minimum atomic E-state index is -0.810. The van der Waals surface area contributed by atoms with Crippen molar-refractivity contribution in [2.75, 3.05) is 25.5 Å². The highest BCUT2D eigenvalue weighted by Crippen LogP contribution is 2.39. The van der Waals surface area contributed by atoms with Gasteiger partial charge in [-0.15, -0.1) is 0 Å². The number of aryl methyl sites for hydroxylation is 1. The van der Waals surface area contributed by atoms with Crippen molar-refractivity contribution in [2.24, 2.45) is 0 Å². The zero-order valence-corrected chi connectivity index (χ0v) is 17.2. The smallest absolute Gasteiger partial charge is 0.327 e. The first-order valence-corrected chi connectivity index (χ1v) is 9.99. The second kappa shape index (κ2) is 8.23. The van der Waals surface area contributed by atoms with Crippen molar-refractivity contribution < 1.29 is 19.2 Å². The molecule has 1 aliphatic carbocycles. The highest BCUT2D eigenvalue weighted by atomic mass is 16.2. The number of nitrogens with one attached hydrogen (secondary N) is 2. The highest BCUT2D eigenvalue weighted by molar-refractivity contribution is 6.09. The third kappa shape index (κ3) is 3.97. The molecule has 0 unspecified atom stereocenters. The van der Waals surface area contributed by atoms with Crippen LogP contribution in [-0.2, 0) is 14.4 Å². The van der Waals surface area contributed by atoms with Crippen LogP contribution in [0.2, 0.25) is 0 Å². The number of carbonyl (C=O) groups excluding carboxylic acids is 4. The fraction of sp³-hybridized carbons (Fsp3) is 0.524. The Morgan fingerprint density at radius 2 is 1.76 bits per heavy atom. The summed E-state index contributed by atoms with van der Waals surface area (Å²) in [5, 5.41) is 5.26. The second-order valence-corrected chi connectivity index (χ2v) is 7.90. The highest BCUT2D eigenvalue weighted by Gasteiger charge is 2.55. The topological polar surface area (TPSA) is 98.8 Å². The third-order valence-corrected chi connectivity index (χ3v) is 6.11. The fourth-order valence-corrected chi connectivity index (χ4v) is 4.13. The van der Waals surface area contributed by atoms with Crippen molar-refractivity contribution in [1.29, 1.82) is 0 Å². The van der Waals surface area contributed by atoms with E-state index < -0.39 is 17.5 Å². The molecule has 0 atom stereocenters. The molecular weight excluding hydrogens is 372 g/mol. The summed E-state index contributed by atoms with van der Waals surface area (Å²) in [5.74, 6) is -1.21. The van der Waals surface area contributed by atoms with Crippen LogP contribution in [0.1, 0.15) is 43.2 Å². The van der Waals surface area contributed by atoms with E-state index in [0.29, 0.717) is 18.5 Å². The molecule has 1 saturated heterocycles. The van der Waals surface area contributed by atoms with E-state index in [1.165, 1.54) is 4.90 Å². The molecule has 1 spiro atoms. The molecule has 1 aromatic rings. The number of nitrogens with zero attached hydrogens (tertiary/aromatic N) is 2. The average Bonchev–Trinajstić information content (AvgIpc) is 2.87. The van der Waals surface area contributed by atoms with Crippen molar-refractivity contribution in [1.82, 2.24) is 15.1 Å². The van der Waals surface area contributed by atoms with E-state index in [4.69, 9.17) is 0 Å². The quantitative estimate of drug-likeness (QED) is 0.738. The van der Waals surface area contributed by atoms with Crippen LogP contribution in [-0.4, -0.2) is 59.2 Å². The zero-order valence-electron chi connectivity index (χ0n) is 17.2. The number of amides is 5. The van der Waals surface area contributed by atoms with Crippen LogP contribution in [0.25, 0.3) is 0 Å². The van der Waals surface area contributed by atoms with Gasteiger partial charge in [-0.1, -0.05) is 31.4 Å². The Hall–Kier alpha value is -2.90. The molecule has 0 aromatic heterocycles. The SMILES string of the molecule is Cc1cccc(NC(=O)CNC(=O)CN2C(=O)N(C)C3(CCCCC3)C2=O)c1C. The Morgan fingerprint density at radius 3 is 2.45 bits per heavy atom. The number of benzene rings is 1. The third-order valence-electron chi connectivity index (χ3n) is 6.11. The van der Waals surface area contributed by atoms with Gasteiger partial charge in [0.25, 0.3) is 5.91 Å². The molecule has 1 saturated carbocycles. The van der Waals surface area contributed by atoms with Gasteiger partial charge in [-0.3, -0.25) is 19.3 Å². The number of rotatable bonds is 5. The van der Waals surface area contributed by atoms with Crippen molar-refractivity contribution in [3.05, 3.63) is 29.3 Å². The molecule has 2 fully saturated rings. The summed E-state index contributed by atoms with van der Waals surface area (Å²) in [6.07, 6.45) is 4.09. The van der Waals surface area contributed by atoms with E-state index in [1.807, 2.05) is 26.0 Å². The summed E-state index contributed by atoms with van der Waals surface area (Å²) in [6, 6.07) is 5.14. The Morgan fingerprint density at radius 1 is 1.07 bits per heavy atom. The molecule has 2 N–H and O–H groups in total. The van der Waals surface area contributed by atoms with Crippen molar-refractivity contribution in [3.63, 3.8) is 0 Å². The fourth-order valence-electron chi connectivity index (χ4n) is 4.13. The molecule has 8 nitrogen and oxygen atoms in total. The van der Waals surface area contributed by atoms with Gasteiger partial charge in [0.2, 0.25) is 11.8 Å². The van der Waals surface area contributed by atoms with Gasteiger partial charge in [0, 0.05) is 12.7 Å². The molecule has 1 aliphatic heterocycles. The molecule has 0 radical (unpaired) electrons. The Bertz CT molecular complexity index is 845. The molecule has 29 heavy (non-hydrogen) atoms. The van der Waals surface area contributed by atoms with Crippen LogP contribution in [0.4, 0.5) is 10.5 Å². The molecule has 8 heteroatoms. The largest absolute Gasteiger partial charge is 0.345 e. The minimum absolute atomic E-state index is 0.233. The van der Waals surface area contributed by atoms with E-state index in [9.17, 15) is 19.2 Å². The maximum absolute atomic E-state index is 12.9. The molecule has 2 aliphatic rings. The van der Waals surface area contributed by atoms with Crippen LogP contribution >= 0.6 is 0 Å². The lowest BCUT2D eigenvalue weighted by Gasteiger charge is -2.35. The Balaban J connectivity index is 1.55. The monoisotopic (exact) mass is 400 g/mol. The van der Waals surface area contributed by atoms with E-state index in [1.54, 1.807) is 13.1 Å². The number of carbonyl (C=O) groups is 4. The lowest BCUT2D eigenvalue weighted by atomic mass is 9.81. The summed E-state index contributed by atoms with van der Waals surface area (Å²) in [6.45, 7) is 3.25. The van der Waals surface area contributed by atoms with Crippen LogP contribution < -0.4 is 10.6 Å². The van der Waals surface area contributed by atoms with E-state index in [-0.39, 0.29) is 24.9 Å². The Labute approximate surface area is 170 Å². The molecule has 1 aromatic carbocycles. The van der Waals surface area contributed by atoms with E-state index in [2.05, 4.69) is 10.6 Å². The van der Waals surface area contributed by atoms with Gasteiger partial charge in [0.15, 0.2) is 0 Å². The van der Waals surface area contributed by atoms with Crippen LogP contribution in [0, 0.1) is 13.8 Å². The molecule has 0 bridgehead atoms. The maximum atomic E-state index is 12.9. The first-order valence-electron chi connectivity index (χ1n) is 9.99. The molecule has 5 amide bonds. The first-order chi connectivity index (χ1) is 13.8. The molecular formula is C21H28N4O4. The lowest BCUT2D eigenvalue weighted by Crippen LogP contribution is -2.49. The van der Waals surface area contributed by atoms with Gasteiger partial charge in [0.1, 0.15) is 12.1 Å². The molecule has 1 heterocycles. The standard InChI is InChI=1S/C21H28N4O4/c1-14-8-7-9-16(15(14)2)23-17(26)12-22-18(27)13-25-19(28)21(24(3)20(25)29)10-5-4-6-11-21/h7-9H,4-6,10-13H2,1-3H3,(H,22,27)(H,23,26). The summed E-state index contributed by atoms with van der Waals surface area (Å²) >= 11 is 0. The van der Waals surface area contributed by atoms with Crippen molar-refractivity contribution in [3.8, 4) is 0 Å². The van der Waals surface area contributed by atoms with Gasteiger partial charge in [0.05, 0.1) is 6.54 Å². The number of hydrogen-bond acceptors (Lipinski definition) is 4. The minimum Gasteiger partial charge on any atom is -0.345 e.